The SMILES string of the molecule is CC1=C(C(=O)OC(C)C)[C@@H](c2ccc(NC(=O)c3ccc(-c4ccccc4)cc3)cc2)NC(=S)N1C. The van der Waals surface area contributed by atoms with Crippen LogP contribution in [0.1, 0.15) is 42.7 Å². The molecule has 1 amide bonds. The fourth-order valence-corrected chi connectivity index (χ4v) is 4.29. The maximum Gasteiger partial charge on any atom is 0.338 e. The Balaban J connectivity index is 1.50. The lowest BCUT2D eigenvalue weighted by atomic mass is 9.95. The van der Waals surface area contributed by atoms with E-state index in [2.05, 4.69) is 10.6 Å². The number of nitrogens with zero attached hydrogens (tertiary/aromatic N) is 1. The number of amides is 1. The molecule has 36 heavy (non-hydrogen) atoms. The van der Waals surface area contributed by atoms with E-state index in [1.165, 1.54) is 0 Å². The number of allylic oxidation sites excluding steroid dienone is 1. The Morgan fingerprint density at radius 1 is 0.944 bits per heavy atom. The van der Waals surface area contributed by atoms with Gasteiger partial charge in [0.15, 0.2) is 5.11 Å². The van der Waals surface area contributed by atoms with Gasteiger partial charge in [-0.2, -0.15) is 0 Å². The minimum atomic E-state index is -0.449. The van der Waals surface area contributed by atoms with Crippen molar-refractivity contribution < 1.29 is 14.3 Å². The fourth-order valence-electron chi connectivity index (χ4n) is 4.03. The third kappa shape index (κ3) is 5.47. The van der Waals surface area contributed by atoms with Gasteiger partial charge in [0, 0.05) is 24.0 Å². The van der Waals surface area contributed by atoms with Crippen molar-refractivity contribution in [3.05, 3.63) is 101 Å². The van der Waals surface area contributed by atoms with Crippen LogP contribution < -0.4 is 10.6 Å². The molecule has 184 valence electrons. The van der Waals surface area contributed by atoms with Crippen molar-refractivity contribution in [2.24, 2.45) is 0 Å². The molecule has 1 heterocycles. The van der Waals surface area contributed by atoms with E-state index in [1.807, 2.05) is 107 Å². The Hall–Kier alpha value is -3.97. The van der Waals surface area contributed by atoms with Crippen molar-refractivity contribution in [1.29, 1.82) is 0 Å². The van der Waals surface area contributed by atoms with Crippen LogP contribution in [-0.4, -0.2) is 35.0 Å². The average Bonchev–Trinajstić information content (AvgIpc) is 2.87. The van der Waals surface area contributed by atoms with Gasteiger partial charge in [0.1, 0.15) is 0 Å². The topological polar surface area (TPSA) is 70.7 Å². The molecule has 0 unspecified atom stereocenters. The number of hydrogen-bond acceptors (Lipinski definition) is 4. The van der Waals surface area contributed by atoms with E-state index in [1.54, 1.807) is 4.90 Å². The third-order valence-corrected chi connectivity index (χ3v) is 6.46. The molecule has 0 aliphatic carbocycles. The van der Waals surface area contributed by atoms with Crippen molar-refractivity contribution in [2.75, 3.05) is 12.4 Å². The van der Waals surface area contributed by atoms with E-state index in [0.29, 0.717) is 21.9 Å². The molecule has 0 saturated heterocycles. The molecule has 1 aliphatic heterocycles. The molecule has 7 heteroatoms. The van der Waals surface area contributed by atoms with E-state index in [4.69, 9.17) is 17.0 Å². The molecule has 0 aromatic heterocycles. The van der Waals surface area contributed by atoms with E-state index >= 15 is 0 Å². The molecule has 0 radical (unpaired) electrons. The van der Waals surface area contributed by atoms with E-state index < -0.39 is 6.04 Å². The van der Waals surface area contributed by atoms with Gasteiger partial charge in [-0.25, -0.2) is 4.79 Å². The third-order valence-electron chi connectivity index (χ3n) is 6.07. The minimum Gasteiger partial charge on any atom is -0.459 e. The average molecular weight is 500 g/mol. The smallest absolute Gasteiger partial charge is 0.338 e. The second-order valence-corrected chi connectivity index (χ2v) is 9.30. The molecule has 0 saturated carbocycles. The van der Waals surface area contributed by atoms with Crippen LogP contribution in [0.2, 0.25) is 0 Å². The quantitative estimate of drug-likeness (QED) is 0.335. The zero-order valence-corrected chi connectivity index (χ0v) is 21.6. The summed E-state index contributed by atoms with van der Waals surface area (Å²) in [6.07, 6.45) is -0.239. The zero-order chi connectivity index (χ0) is 25.8. The van der Waals surface area contributed by atoms with Gasteiger partial charge in [-0.1, -0.05) is 54.6 Å². The lowest BCUT2D eigenvalue weighted by Gasteiger charge is -2.35. The highest BCUT2D eigenvalue weighted by Gasteiger charge is 2.33. The Bertz CT molecular complexity index is 1300. The fraction of sp³-hybridized carbons (Fsp3) is 0.207. The summed E-state index contributed by atoms with van der Waals surface area (Å²) < 4.78 is 5.49. The Kier molecular flexibility index (Phi) is 7.50. The molecular formula is C29H29N3O3S. The maximum atomic E-state index is 12.9. The van der Waals surface area contributed by atoms with Crippen LogP contribution in [0.4, 0.5) is 5.69 Å². The first-order valence-electron chi connectivity index (χ1n) is 11.8. The number of nitrogens with one attached hydrogen (secondary N) is 2. The molecule has 3 aromatic rings. The van der Waals surface area contributed by atoms with Crippen LogP contribution in [0.5, 0.6) is 0 Å². The van der Waals surface area contributed by atoms with Gasteiger partial charge in [-0.15, -0.1) is 0 Å². The van der Waals surface area contributed by atoms with Gasteiger partial charge in [0.2, 0.25) is 0 Å². The van der Waals surface area contributed by atoms with Crippen molar-refractivity contribution in [3.8, 4) is 11.1 Å². The van der Waals surface area contributed by atoms with Crippen molar-refractivity contribution >= 4 is 34.9 Å². The Morgan fingerprint density at radius 3 is 2.17 bits per heavy atom. The van der Waals surface area contributed by atoms with Crippen LogP contribution in [0.15, 0.2) is 90.1 Å². The van der Waals surface area contributed by atoms with Gasteiger partial charge in [0.25, 0.3) is 5.91 Å². The molecule has 4 rings (SSSR count). The van der Waals surface area contributed by atoms with Gasteiger partial charge < -0.3 is 20.3 Å². The number of ether oxygens (including phenoxy) is 1. The molecule has 0 spiro atoms. The molecule has 1 atom stereocenters. The normalized spacial score (nSPS) is 15.5. The number of esters is 1. The number of benzene rings is 3. The lowest BCUT2D eigenvalue weighted by Crippen LogP contribution is -2.46. The first-order valence-corrected chi connectivity index (χ1v) is 12.2. The lowest BCUT2D eigenvalue weighted by molar-refractivity contribution is -0.143. The highest BCUT2D eigenvalue weighted by Crippen LogP contribution is 2.31. The summed E-state index contributed by atoms with van der Waals surface area (Å²) in [5, 5.41) is 6.69. The summed E-state index contributed by atoms with van der Waals surface area (Å²) in [5.74, 6) is -0.580. The monoisotopic (exact) mass is 499 g/mol. The number of carbonyl (C=O) groups is 2. The number of rotatable bonds is 6. The maximum absolute atomic E-state index is 12.9. The predicted molar refractivity (Wildman–Crippen MR) is 146 cm³/mol. The first kappa shape index (κ1) is 25.1. The summed E-state index contributed by atoms with van der Waals surface area (Å²) in [4.78, 5) is 27.5. The van der Waals surface area contributed by atoms with Crippen LogP contribution in [0.25, 0.3) is 11.1 Å². The predicted octanol–water partition coefficient (Wildman–Crippen LogP) is 5.69. The van der Waals surface area contributed by atoms with Gasteiger partial charge in [-0.3, -0.25) is 4.79 Å². The summed E-state index contributed by atoms with van der Waals surface area (Å²) in [6, 6.07) is 24.5. The van der Waals surface area contributed by atoms with E-state index in [9.17, 15) is 9.59 Å². The minimum absolute atomic E-state index is 0.196. The molecule has 0 bridgehead atoms. The van der Waals surface area contributed by atoms with Crippen LogP contribution in [-0.2, 0) is 9.53 Å². The summed E-state index contributed by atoms with van der Waals surface area (Å²) in [6.45, 7) is 5.49. The molecular weight excluding hydrogens is 470 g/mol. The highest BCUT2D eigenvalue weighted by molar-refractivity contribution is 7.80. The van der Waals surface area contributed by atoms with Crippen LogP contribution in [0.3, 0.4) is 0 Å². The van der Waals surface area contributed by atoms with Gasteiger partial charge >= 0.3 is 5.97 Å². The Morgan fingerprint density at radius 2 is 1.56 bits per heavy atom. The summed E-state index contributed by atoms with van der Waals surface area (Å²) in [5.41, 5.74) is 5.46. The van der Waals surface area contributed by atoms with Crippen molar-refractivity contribution in [3.63, 3.8) is 0 Å². The first-order chi connectivity index (χ1) is 17.2. The second-order valence-electron chi connectivity index (χ2n) is 8.91. The Labute approximate surface area is 217 Å². The highest BCUT2D eigenvalue weighted by atomic mass is 32.1. The number of carbonyl (C=O) groups excluding carboxylic acids is 2. The van der Waals surface area contributed by atoms with Crippen LogP contribution in [0, 0.1) is 0 Å². The van der Waals surface area contributed by atoms with Gasteiger partial charge in [0.05, 0.1) is 17.7 Å². The number of thiocarbonyl (C=S) groups is 1. The molecule has 6 nitrogen and oxygen atoms in total. The summed E-state index contributed by atoms with van der Waals surface area (Å²) >= 11 is 5.46. The van der Waals surface area contributed by atoms with E-state index in [-0.39, 0.29) is 18.0 Å². The van der Waals surface area contributed by atoms with Crippen molar-refractivity contribution in [2.45, 2.75) is 32.9 Å². The van der Waals surface area contributed by atoms with Gasteiger partial charge in [-0.05, 0) is 73.9 Å². The summed E-state index contributed by atoms with van der Waals surface area (Å²) in [7, 11) is 1.81. The zero-order valence-electron chi connectivity index (χ0n) is 20.7. The largest absolute Gasteiger partial charge is 0.459 e. The molecule has 3 aromatic carbocycles. The molecule has 1 aliphatic rings. The van der Waals surface area contributed by atoms with Crippen LogP contribution >= 0.6 is 12.2 Å². The standard InChI is InChI=1S/C29H29N3O3S/c1-18(2)35-28(34)25-19(3)32(4)29(36)31-26(25)22-14-16-24(17-15-22)30-27(33)23-12-10-21(11-13-23)20-8-6-5-7-9-20/h5-18,26H,1-4H3,(H,30,33)(H,31,36)/t26-/m1/s1. The second kappa shape index (κ2) is 10.7. The molecule has 2 N–H and O–H groups in total. The molecule has 0 fully saturated rings. The van der Waals surface area contributed by atoms with E-state index in [0.717, 1.165) is 22.4 Å². The number of anilines is 1. The van der Waals surface area contributed by atoms with Crippen molar-refractivity contribution in [1.82, 2.24) is 10.2 Å². The number of hydrogen-bond donors (Lipinski definition) is 2.